The van der Waals surface area contributed by atoms with Gasteiger partial charge >= 0.3 is 11.9 Å². The van der Waals surface area contributed by atoms with Crippen LogP contribution >= 0.6 is 0 Å². The molecule has 0 aromatic heterocycles. The van der Waals surface area contributed by atoms with Gasteiger partial charge in [0, 0.05) is 30.3 Å². The van der Waals surface area contributed by atoms with Crippen LogP contribution in [-0.4, -0.2) is 49.9 Å². The highest BCUT2D eigenvalue weighted by Gasteiger charge is 2.49. The topological polar surface area (TPSA) is 73.9 Å². The van der Waals surface area contributed by atoms with Gasteiger partial charge in [-0.2, -0.15) is 0 Å². The fourth-order valence-electron chi connectivity index (χ4n) is 8.88. The lowest BCUT2D eigenvalue weighted by atomic mass is 9.64. The Labute approximate surface area is 341 Å². The van der Waals surface area contributed by atoms with Gasteiger partial charge in [-0.05, 0) is 70.6 Å². The average molecular weight is 776 g/mol. The minimum absolute atomic E-state index is 0.00229. The summed E-state index contributed by atoms with van der Waals surface area (Å²) in [6.45, 7) is 9.32. The molecule has 0 radical (unpaired) electrons. The molecule has 2 aliphatic rings. The molecule has 2 rings (SSSR count). The highest BCUT2D eigenvalue weighted by Crippen LogP contribution is 2.47. The van der Waals surface area contributed by atoms with Crippen LogP contribution in [0.15, 0.2) is 0 Å². The van der Waals surface area contributed by atoms with Gasteiger partial charge in [-0.3, -0.25) is 9.59 Å². The van der Waals surface area contributed by atoms with Crippen molar-refractivity contribution in [2.24, 2.45) is 5.41 Å². The van der Waals surface area contributed by atoms with Gasteiger partial charge in [0.15, 0.2) is 0 Å². The van der Waals surface area contributed by atoms with Gasteiger partial charge in [0.2, 0.25) is 0 Å². The molecule has 6 nitrogen and oxygen atoms in total. The van der Waals surface area contributed by atoms with Gasteiger partial charge in [0.05, 0.1) is 19.8 Å². The number of ether oxygens (including phenoxy) is 3. The zero-order chi connectivity index (χ0) is 39.5. The Morgan fingerprint density at radius 3 is 1.38 bits per heavy atom. The molecule has 1 aliphatic carbocycles. The summed E-state index contributed by atoms with van der Waals surface area (Å²) >= 11 is 0. The number of hydrogen-bond acceptors (Lipinski definition) is 6. The molecule has 1 saturated carbocycles. The second-order valence-corrected chi connectivity index (χ2v) is 18.1. The number of unbranched alkanes of at least 4 members (excludes halogenated alkanes) is 24. The van der Waals surface area contributed by atoms with Crippen molar-refractivity contribution in [1.29, 1.82) is 0 Å². The summed E-state index contributed by atoms with van der Waals surface area (Å²) in [5.41, 5.74) is 0.504. The molecule has 0 bridgehead atoms. The van der Waals surface area contributed by atoms with Crippen LogP contribution in [0.5, 0.6) is 0 Å². The first-order valence-electron chi connectivity index (χ1n) is 24.7. The predicted molar refractivity (Wildman–Crippen MR) is 233 cm³/mol. The Bertz CT molecular complexity index is 867. The summed E-state index contributed by atoms with van der Waals surface area (Å²) in [4.78, 5) is 24.9. The van der Waals surface area contributed by atoms with Crippen LogP contribution < -0.4 is 5.32 Å². The van der Waals surface area contributed by atoms with E-state index in [9.17, 15) is 9.59 Å². The van der Waals surface area contributed by atoms with E-state index in [-0.39, 0.29) is 18.0 Å². The van der Waals surface area contributed by atoms with Crippen molar-refractivity contribution in [2.45, 2.75) is 277 Å². The summed E-state index contributed by atoms with van der Waals surface area (Å²) in [6, 6.07) is 1.28. The maximum Gasteiger partial charge on any atom is 0.306 e. The molecule has 1 heterocycles. The summed E-state index contributed by atoms with van der Waals surface area (Å²) < 4.78 is 17.1. The third-order valence-electron chi connectivity index (χ3n) is 12.6. The van der Waals surface area contributed by atoms with Gasteiger partial charge in [0.1, 0.15) is 6.10 Å². The molecule has 55 heavy (non-hydrogen) atoms. The SMILES string of the molecule is CCCCCCCCCC(=O)OCCCCCCCC(CCCCCCCC(=O)OC(CCCCCCCC)CCCCCCCC)NC1CC2(COC2)C1. The van der Waals surface area contributed by atoms with Crippen molar-refractivity contribution in [3.63, 3.8) is 0 Å². The number of carbonyl (C=O) groups excluding carboxylic acids is 2. The summed E-state index contributed by atoms with van der Waals surface area (Å²) in [6.07, 6.45) is 44.4. The smallest absolute Gasteiger partial charge is 0.306 e. The molecule has 1 atom stereocenters. The Balaban J connectivity index is 1.55. The quantitative estimate of drug-likeness (QED) is 0.0492. The monoisotopic (exact) mass is 776 g/mol. The van der Waals surface area contributed by atoms with Crippen LogP contribution in [0.3, 0.4) is 0 Å². The molecular formula is C49H93NO5. The van der Waals surface area contributed by atoms with Crippen LogP contribution in [0.4, 0.5) is 0 Å². The molecule has 0 aromatic carbocycles. The number of nitrogens with one attached hydrogen (secondary N) is 1. The second kappa shape index (κ2) is 34.9. The molecule has 6 heteroatoms. The molecule has 324 valence electrons. The zero-order valence-corrected chi connectivity index (χ0v) is 37.1. The highest BCUT2D eigenvalue weighted by molar-refractivity contribution is 5.69. The van der Waals surface area contributed by atoms with Crippen LogP contribution in [0.2, 0.25) is 0 Å². The van der Waals surface area contributed by atoms with Crippen LogP contribution in [-0.2, 0) is 23.8 Å². The van der Waals surface area contributed by atoms with Gasteiger partial charge in [-0.15, -0.1) is 0 Å². The van der Waals surface area contributed by atoms with E-state index in [4.69, 9.17) is 14.2 Å². The molecule has 1 aliphatic heterocycles. The first kappa shape index (κ1) is 50.0. The van der Waals surface area contributed by atoms with Crippen LogP contribution in [0, 0.1) is 5.41 Å². The lowest BCUT2D eigenvalue weighted by molar-refractivity contribution is -0.168. The Morgan fingerprint density at radius 1 is 0.527 bits per heavy atom. The third kappa shape index (κ3) is 27.2. The number of esters is 2. The first-order valence-corrected chi connectivity index (χ1v) is 24.7. The van der Waals surface area contributed by atoms with Gasteiger partial charge in [0.25, 0.3) is 0 Å². The fraction of sp³-hybridized carbons (Fsp3) is 0.959. The predicted octanol–water partition coefficient (Wildman–Crippen LogP) is 14.3. The molecule has 1 unspecified atom stereocenters. The number of rotatable bonds is 41. The lowest BCUT2D eigenvalue weighted by Crippen LogP contribution is -2.60. The van der Waals surface area contributed by atoms with E-state index in [2.05, 4.69) is 26.1 Å². The van der Waals surface area contributed by atoms with E-state index < -0.39 is 0 Å². The maximum atomic E-state index is 12.8. The normalized spacial score (nSPS) is 15.6. The Hall–Kier alpha value is -1.14. The number of hydrogen-bond donors (Lipinski definition) is 1. The van der Waals surface area contributed by atoms with Crippen LogP contribution in [0.1, 0.15) is 258 Å². The minimum atomic E-state index is -0.00229. The van der Waals surface area contributed by atoms with Crippen molar-refractivity contribution in [1.82, 2.24) is 5.32 Å². The van der Waals surface area contributed by atoms with E-state index in [0.717, 1.165) is 64.6 Å². The summed E-state index contributed by atoms with van der Waals surface area (Å²) in [7, 11) is 0. The van der Waals surface area contributed by atoms with Crippen molar-refractivity contribution in [3.05, 3.63) is 0 Å². The molecule has 0 aromatic rings. The Kier molecular flexibility index (Phi) is 31.7. The van der Waals surface area contributed by atoms with E-state index in [1.165, 1.54) is 173 Å². The first-order chi connectivity index (χ1) is 27.0. The molecule has 1 saturated heterocycles. The third-order valence-corrected chi connectivity index (χ3v) is 12.6. The summed E-state index contributed by atoms with van der Waals surface area (Å²) in [5.74, 6) is 0.0405. The summed E-state index contributed by atoms with van der Waals surface area (Å²) in [5, 5.41) is 4.05. The van der Waals surface area contributed by atoms with Crippen molar-refractivity contribution < 1.29 is 23.8 Å². The lowest BCUT2D eigenvalue weighted by Gasteiger charge is -2.54. The Morgan fingerprint density at radius 2 is 0.927 bits per heavy atom. The van der Waals surface area contributed by atoms with Gasteiger partial charge in [-0.25, -0.2) is 0 Å². The average Bonchev–Trinajstić information content (AvgIpc) is 3.14. The largest absolute Gasteiger partial charge is 0.466 e. The molecule has 1 N–H and O–H groups in total. The maximum absolute atomic E-state index is 12.8. The van der Waals surface area contributed by atoms with E-state index >= 15 is 0 Å². The van der Waals surface area contributed by atoms with Crippen LogP contribution in [0.25, 0.3) is 0 Å². The standard InChI is InChI=1S/C49H93NO5/c1-4-7-10-13-16-23-30-37-47(51)54-39-32-25-18-20-27-34-44(50-45-40-49(41-45)42-53-43-49)33-26-19-17-24-31-38-48(52)55-46(35-28-21-14-11-8-5-2)36-29-22-15-12-9-6-3/h44-46,50H,4-43H2,1-3H3. The molecule has 0 amide bonds. The zero-order valence-electron chi connectivity index (χ0n) is 37.1. The molecule has 2 fully saturated rings. The van der Waals surface area contributed by atoms with Crippen molar-refractivity contribution in [2.75, 3.05) is 19.8 Å². The minimum Gasteiger partial charge on any atom is -0.466 e. The van der Waals surface area contributed by atoms with Crippen molar-refractivity contribution >= 4 is 11.9 Å². The number of carbonyl (C=O) groups is 2. The van der Waals surface area contributed by atoms with E-state index in [0.29, 0.717) is 36.9 Å². The molecular weight excluding hydrogens is 683 g/mol. The van der Waals surface area contributed by atoms with Gasteiger partial charge < -0.3 is 19.5 Å². The van der Waals surface area contributed by atoms with E-state index in [1.54, 1.807) is 0 Å². The van der Waals surface area contributed by atoms with Crippen molar-refractivity contribution in [3.8, 4) is 0 Å². The van der Waals surface area contributed by atoms with Gasteiger partial charge in [-0.1, -0.05) is 175 Å². The second-order valence-electron chi connectivity index (χ2n) is 18.1. The highest BCUT2D eigenvalue weighted by atomic mass is 16.5. The molecule has 1 spiro atoms. The van der Waals surface area contributed by atoms with E-state index in [1.807, 2.05) is 0 Å². The fourth-order valence-corrected chi connectivity index (χ4v) is 8.88.